The first-order valence-corrected chi connectivity index (χ1v) is 12.3. The van der Waals surface area contributed by atoms with Crippen molar-refractivity contribution in [2.75, 3.05) is 13.1 Å². The van der Waals surface area contributed by atoms with E-state index in [0.29, 0.717) is 51.6 Å². The molecule has 5 aliphatic rings. The van der Waals surface area contributed by atoms with Crippen LogP contribution in [0, 0.1) is 34.5 Å². The summed E-state index contributed by atoms with van der Waals surface area (Å²) in [6, 6.07) is 0. The maximum atomic E-state index is 14.2. The van der Waals surface area contributed by atoms with Crippen molar-refractivity contribution in [3.8, 4) is 0 Å². The second-order valence-electron chi connectivity index (χ2n) is 11.6. The van der Waals surface area contributed by atoms with Crippen molar-refractivity contribution in [2.45, 2.75) is 76.6 Å². The summed E-state index contributed by atoms with van der Waals surface area (Å²) in [5.41, 5.74) is -0.176. The molecule has 1 aliphatic heterocycles. The number of fused-ring (bicyclic) bond motifs is 3. The molecule has 1 saturated heterocycles. The first-order valence-electron chi connectivity index (χ1n) is 12.3. The van der Waals surface area contributed by atoms with Gasteiger partial charge in [0.15, 0.2) is 0 Å². The summed E-state index contributed by atoms with van der Waals surface area (Å²) in [5, 5.41) is 31.9. The first-order chi connectivity index (χ1) is 15.1. The quantitative estimate of drug-likeness (QED) is 0.459. The van der Waals surface area contributed by atoms with Crippen LogP contribution in [0.1, 0.15) is 58.8 Å². The maximum absolute atomic E-state index is 14.2. The van der Waals surface area contributed by atoms with Gasteiger partial charge in [0.25, 0.3) is 0 Å². The van der Waals surface area contributed by atoms with Crippen molar-refractivity contribution in [1.29, 1.82) is 0 Å². The van der Waals surface area contributed by atoms with E-state index >= 15 is 0 Å². The Bertz CT molecular complexity index is 873. The van der Waals surface area contributed by atoms with Gasteiger partial charge in [0.05, 0.1) is 23.7 Å². The van der Waals surface area contributed by atoms with Crippen LogP contribution in [0.5, 0.6) is 0 Å². The molecule has 176 valence electrons. The Morgan fingerprint density at radius 3 is 2.62 bits per heavy atom. The van der Waals surface area contributed by atoms with Crippen LogP contribution in [0.25, 0.3) is 0 Å². The average Bonchev–Trinajstić information content (AvgIpc) is 3.14. The number of nitrogens with zero attached hydrogens (tertiary/aromatic N) is 1. The molecule has 1 heterocycles. The molecule has 32 heavy (non-hydrogen) atoms. The summed E-state index contributed by atoms with van der Waals surface area (Å²) in [7, 11) is 0. The van der Waals surface area contributed by atoms with Gasteiger partial charge in [-0.25, -0.2) is 0 Å². The maximum Gasteiger partial charge on any atom is 0.226 e. The molecule has 1 unspecified atom stereocenters. The lowest BCUT2D eigenvalue weighted by Gasteiger charge is -2.47. The van der Waals surface area contributed by atoms with Crippen molar-refractivity contribution in [2.24, 2.45) is 34.5 Å². The van der Waals surface area contributed by atoms with Crippen LogP contribution in [-0.2, 0) is 9.59 Å². The van der Waals surface area contributed by atoms with Crippen LogP contribution < -0.4 is 0 Å². The summed E-state index contributed by atoms with van der Waals surface area (Å²) in [5.74, 6) is -0.728. The smallest absolute Gasteiger partial charge is 0.226 e. The molecular weight excluding hydrogens is 406 g/mol. The summed E-state index contributed by atoms with van der Waals surface area (Å²) in [4.78, 5) is 28.8. The molecule has 0 aromatic rings. The molecule has 0 aromatic heterocycles. The third-order valence-electron chi connectivity index (χ3n) is 10.0. The van der Waals surface area contributed by atoms with Gasteiger partial charge in [-0.15, -0.1) is 0 Å². The number of likely N-dealkylation sites (tertiary alicyclic amines) is 1. The number of allylic oxidation sites excluding steroid dienone is 2. The van der Waals surface area contributed by atoms with Crippen molar-refractivity contribution >= 4 is 12.2 Å². The number of aliphatic hydroxyl groups excluding tert-OH is 2. The van der Waals surface area contributed by atoms with E-state index in [1.807, 2.05) is 11.8 Å². The fraction of sp³-hybridized carbons (Fsp3) is 0.769. The van der Waals surface area contributed by atoms with Gasteiger partial charge in [0, 0.05) is 30.3 Å². The Labute approximate surface area is 190 Å². The third-order valence-corrected chi connectivity index (χ3v) is 10.0. The Hall–Kier alpha value is -1.50. The van der Waals surface area contributed by atoms with E-state index in [1.165, 1.54) is 5.57 Å². The van der Waals surface area contributed by atoms with Crippen LogP contribution in [-0.4, -0.2) is 63.3 Å². The zero-order valence-corrected chi connectivity index (χ0v) is 19.3. The molecule has 8 atom stereocenters. The number of amides is 1. The number of piperidine rings is 1. The first kappa shape index (κ1) is 22.3. The zero-order chi connectivity index (χ0) is 23.1. The number of rotatable bonds is 3. The van der Waals surface area contributed by atoms with Crippen LogP contribution in [0.4, 0.5) is 0 Å². The van der Waals surface area contributed by atoms with Crippen molar-refractivity contribution in [3.63, 3.8) is 0 Å². The van der Waals surface area contributed by atoms with Crippen molar-refractivity contribution in [1.82, 2.24) is 4.90 Å². The molecule has 3 saturated carbocycles. The van der Waals surface area contributed by atoms with E-state index in [1.54, 1.807) is 6.92 Å². The SMILES string of the molecule is C=C1C[C@]23C[C@@]1(O)CC[C@H]2C1=CC[C@H](C(C)O)[C@@](C)(C=O)[C@H]1[C@@H]3C(=O)N1CCC(O)CC1. The minimum atomic E-state index is -0.928. The van der Waals surface area contributed by atoms with E-state index < -0.39 is 28.5 Å². The Morgan fingerprint density at radius 2 is 2.00 bits per heavy atom. The second-order valence-corrected chi connectivity index (χ2v) is 11.6. The number of carbonyl (C=O) groups excluding carboxylic acids is 2. The highest BCUT2D eigenvalue weighted by molar-refractivity contribution is 5.83. The van der Waals surface area contributed by atoms with E-state index in [4.69, 9.17) is 0 Å². The summed E-state index contributed by atoms with van der Waals surface area (Å²) in [6.45, 7) is 8.93. The molecule has 1 amide bonds. The molecule has 6 heteroatoms. The number of hydrogen-bond acceptors (Lipinski definition) is 5. The third kappa shape index (κ3) is 2.82. The molecule has 4 aliphatic carbocycles. The van der Waals surface area contributed by atoms with Gasteiger partial charge in [-0.1, -0.05) is 25.2 Å². The van der Waals surface area contributed by atoms with Gasteiger partial charge in [-0.2, -0.15) is 0 Å². The van der Waals surface area contributed by atoms with Crippen molar-refractivity contribution < 1.29 is 24.9 Å². The highest BCUT2D eigenvalue weighted by atomic mass is 16.3. The van der Waals surface area contributed by atoms with Gasteiger partial charge in [0.1, 0.15) is 6.29 Å². The Morgan fingerprint density at radius 1 is 1.31 bits per heavy atom. The fourth-order valence-corrected chi connectivity index (χ4v) is 8.44. The molecule has 0 radical (unpaired) electrons. The van der Waals surface area contributed by atoms with E-state index in [2.05, 4.69) is 12.7 Å². The van der Waals surface area contributed by atoms with Crippen LogP contribution in [0.15, 0.2) is 23.8 Å². The predicted octanol–water partition coefficient (Wildman–Crippen LogP) is 2.23. The average molecular weight is 444 g/mol. The lowest BCUT2D eigenvalue weighted by molar-refractivity contribution is -0.150. The number of aliphatic hydroxyl groups is 3. The van der Waals surface area contributed by atoms with Gasteiger partial charge in [0.2, 0.25) is 5.91 Å². The molecule has 1 spiro atoms. The van der Waals surface area contributed by atoms with Crippen molar-refractivity contribution in [3.05, 3.63) is 23.8 Å². The zero-order valence-electron chi connectivity index (χ0n) is 19.3. The second kappa shape index (κ2) is 7.25. The minimum absolute atomic E-state index is 0.0496. The monoisotopic (exact) mass is 443 g/mol. The molecular formula is C26H37NO5. The molecule has 6 nitrogen and oxygen atoms in total. The van der Waals surface area contributed by atoms with E-state index in [9.17, 15) is 24.9 Å². The van der Waals surface area contributed by atoms with E-state index in [0.717, 1.165) is 18.3 Å². The number of hydrogen-bond donors (Lipinski definition) is 3. The van der Waals surface area contributed by atoms with Crippen LogP contribution in [0.3, 0.4) is 0 Å². The minimum Gasteiger partial charge on any atom is -0.393 e. The standard InChI is InChI=1S/C26H37NO5/c1-15-12-25-13-26(15,32)9-6-20(25)18-4-5-19(16(2)29)24(3,14-28)21(18)22(25)23(31)27-10-7-17(30)8-11-27/h4,14,16-17,19-22,29-30,32H,1,5-13H2,2-3H3/t16?,19-,20+,21-,22-,24-,25+,26+/m1/s1. The van der Waals surface area contributed by atoms with Gasteiger partial charge in [-0.3, -0.25) is 4.79 Å². The molecule has 2 bridgehead atoms. The number of aldehydes is 1. The molecule has 5 rings (SSSR count). The topological polar surface area (TPSA) is 98.1 Å². The highest BCUT2D eigenvalue weighted by Crippen LogP contribution is 2.73. The normalized spacial score (nSPS) is 47.0. The van der Waals surface area contributed by atoms with Gasteiger partial charge >= 0.3 is 0 Å². The number of carbonyl (C=O) groups is 2. The van der Waals surface area contributed by atoms with Gasteiger partial charge in [-0.05, 0) is 68.8 Å². The summed E-state index contributed by atoms with van der Waals surface area (Å²) >= 11 is 0. The van der Waals surface area contributed by atoms with Gasteiger partial charge < -0.3 is 25.0 Å². The van der Waals surface area contributed by atoms with Crippen LogP contribution >= 0.6 is 0 Å². The summed E-state index contributed by atoms with van der Waals surface area (Å²) < 4.78 is 0. The molecule has 3 N–H and O–H groups in total. The fourth-order valence-electron chi connectivity index (χ4n) is 8.44. The molecule has 4 fully saturated rings. The largest absolute Gasteiger partial charge is 0.393 e. The Balaban J connectivity index is 1.64. The summed E-state index contributed by atoms with van der Waals surface area (Å²) in [6.07, 6.45) is 6.54. The Kier molecular flexibility index (Phi) is 5.05. The lowest BCUT2D eigenvalue weighted by Crippen LogP contribution is -2.53. The van der Waals surface area contributed by atoms with E-state index in [-0.39, 0.29) is 29.8 Å². The lowest BCUT2D eigenvalue weighted by atomic mass is 9.57. The predicted molar refractivity (Wildman–Crippen MR) is 119 cm³/mol. The molecule has 0 aromatic carbocycles. The highest BCUT2D eigenvalue weighted by Gasteiger charge is 2.72. The van der Waals surface area contributed by atoms with Crippen LogP contribution in [0.2, 0.25) is 0 Å².